The van der Waals surface area contributed by atoms with E-state index in [1.807, 2.05) is 36.4 Å². The van der Waals surface area contributed by atoms with Gasteiger partial charge in [-0.25, -0.2) is 4.99 Å². The first-order valence-electron chi connectivity index (χ1n) is 8.11. The highest BCUT2D eigenvalue weighted by atomic mass is 127. The Labute approximate surface area is 176 Å². The summed E-state index contributed by atoms with van der Waals surface area (Å²) in [5, 5.41) is 5.83. The highest BCUT2D eigenvalue weighted by Gasteiger charge is 2.06. The van der Waals surface area contributed by atoms with Crippen molar-refractivity contribution in [3.8, 4) is 5.75 Å². The second-order valence-electron chi connectivity index (χ2n) is 5.63. The molecule has 0 aliphatic rings. The number of methoxy groups -OCH3 is 2. The van der Waals surface area contributed by atoms with Crippen molar-refractivity contribution in [2.45, 2.75) is 20.1 Å². The Kier molecular flexibility index (Phi) is 9.59. The summed E-state index contributed by atoms with van der Waals surface area (Å²) in [7, 11) is 3.20. The van der Waals surface area contributed by atoms with E-state index in [-0.39, 0.29) is 29.9 Å². The van der Waals surface area contributed by atoms with Crippen molar-refractivity contribution in [2.75, 3.05) is 24.9 Å². The number of ether oxygens (including phenoxy) is 2. The van der Waals surface area contributed by atoms with Gasteiger partial charge in [-0.2, -0.15) is 0 Å². The van der Waals surface area contributed by atoms with E-state index in [0.29, 0.717) is 30.5 Å². The summed E-state index contributed by atoms with van der Waals surface area (Å²) >= 11 is 0. The van der Waals surface area contributed by atoms with Gasteiger partial charge in [0.15, 0.2) is 5.96 Å². The predicted octanol–water partition coefficient (Wildman–Crippen LogP) is 3.34. The summed E-state index contributed by atoms with van der Waals surface area (Å²) in [5.74, 6) is 0.720. The highest BCUT2D eigenvalue weighted by molar-refractivity contribution is 14.0. The Balaban J connectivity index is 0.00000364. The number of hydrogen-bond donors (Lipinski definition) is 3. The molecule has 27 heavy (non-hydrogen) atoms. The third-order valence-electron chi connectivity index (χ3n) is 3.59. The molecule has 0 aromatic heterocycles. The molecule has 1 amide bonds. The summed E-state index contributed by atoms with van der Waals surface area (Å²) in [6, 6.07) is 13.2. The molecular weight excluding hydrogens is 459 g/mol. The maximum Gasteiger partial charge on any atom is 0.221 e. The first-order valence-corrected chi connectivity index (χ1v) is 8.11. The molecule has 2 aromatic rings. The zero-order chi connectivity index (χ0) is 18.9. The van der Waals surface area contributed by atoms with Crippen LogP contribution in [-0.4, -0.2) is 26.1 Å². The lowest BCUT2D eigenvalue weighted by Gasteiger charge is -2.12. The smallest absolute Gasteiger partial charge is 0.221 e. The molecule has 146 valence electrons. The lowest BCUT2D eigenvalue weighted by Crippen LogP contribution is -2.23. The molecule has 2 rings (SSSR count). The lowest BCUT2D eigenvalue weighted by molar-refractivity contribution is -0.114. The number of hydrogen-bond acceptors (Lipinski definition) is 4. The molecule has 8 heteroatoms. The van der Waals surface area contributed by atoms with Crippen LogP contribution in [0.15, 0.2) is 47.5 Å². The second-order valence-corrected chi connectivity index (χ2v) is 5.63. The lowest BCUT2D eigenvalue weighted by atomic mass is 10.2. The van der Waals surface area contributed by atoms with Gasteiger partial charge in [-0.15, -0.1) is 24.0 Å². The normalized spacial score (nSPS) is 10.7. The van der Waals surface area contributed by atoms with Crippen molar-refractivity contribution in [2.24, 2.45) is 10.7 Å². The summed E-state index contributed by atoms with van der Waals surface area (Å²) in [6.45, 7) is 2.29. The summed E-state index contributed by atoms with van der Waals surface area (Å²) in [6.07, 6.45) is 0. The molecule has 0 unspecified atom stereocenters. The molecule has 0 aliphatic heterocycles. The van der Waals surface area contributed by atoms with Gasteiger partial charge in [0.1, 0.15) is 5.75 Å². The number of anilines is 2. The third-order valence-corrected chi connectivity index (χ3v) is 3.59. The zero-order valence-corrected chi connectivity index (χ0v) is 17.9. The minimum Gasteiger partial charge on any atom is -0.495 e. The SMILES string of the molecule is COCc1ccccc1NC(N)=NCc1ccc(OC)c(NC(C)=O)c1.I. The summed E-state index contributed by atoms with van der Waals surface area (Å²) < 4.78 is 10.4. The molecule has 7 nitrogen and oxygen atoms in total. The molecular formula is C19H25IN4O3. The quantitative estimate of drug-likeness (QED) is 0.318. The monoisotopic (exact) mass is 484 g/mol. The number of halogens is 1. The van der Waals surface area contributed by atoms with E-state index in [0.717, 1.165) is 16.8 Å². The van der Waals surface area contributed by atoms with Gasteiger partial charge in [-0.05, 0) is 23.8 Å². The van der Waals surface area contributed by atoms with Crippen molar-refractivity contribution in [3.63, 3.8) is 0 Å². The van der Waals surface area contributed by atoms with Crippen molar-refractivity contribution >= 4 is 47.2 Å². The fraction of sp³-hybridized carbons (Fsp3) is 0.263. The number of aliphatic imine (C=N–C) groups is 1. The number of benzene rings is 2. The predicted molar refractivity (Wildman–Crippen MR) is 119 cm³/mol. The number of carbonyl (C=O) groups excluding carboxylic acids is 1. The van der Waals surface area contributed by atoms with Gasteiger partial charge in [0.2, 0.25) is 5.91 Å². The van der Waals surface area contributed by atoms with Gasteiger partial charge < -0.3 is 25.8 Å². The van der Waals surface area contributed by atoms with Gasteiger partial charge in [-0.3, -0.25) is 4.79 Å². The Morgan fingerprint density at radius 2 is 1.85 bits per heavy atom. The highest BCUT2D eigenvalue weighted by Crippen LogP contribution is 2.25. The van der Waals surface area contributed by atoms with Crippen molar-refractivity contribution in [1.82, 2.24) is 0 Å². The van der Waals surface area contributed by atoms with E-state index in [9.17, 15) is 4.79 Å². The van der Waals surface area contributed by atoms with Crippen LogP contribution in [0, 0.1) is 0 Å². The molecule has 0 aliphatic carbocycles. The molecule has 0 fully saturated rings. The Morgan fingerprint density at radius 1 is 1.11 bits per heavy atom. The Morgan fingerprint density at radius 3 is 2.52 bits per heavy atom. The van der Waals surface area contributed by atoms with Crippen LogP contribution < -0.4 is 21.1 Å². The number of amides is 1. The standard InChI is InChI=1S/C19H24N4O3.HI/c1-13(24)22-17-10-14(8-9-18(17)26-3)11-21-19(20)23-16-7-5-4-6-15(16)12-25-2;/h4-10H,11-12H2,1-3H3,(H,22,24)(H3,20,21,23);1H. The fourth-order valence-corrected chi connectivity index (χ4v) is 2.42. The van der Waals surface area contributed by atoms with Crippen molar-refractivity contribution in [3.05, 3.63) is 53.6 Å². The molecule has 0 saturated carbocycles. The molecule has 0 atom stereocenters. The van der Waals surface area contributed by atoms with Crippen LogP contribution >= 0.6 is 24.0 Å². The van der Waals surface area contributed by atoms with Gasteiger partial charge >= 0.3 is 0 Å². The van der Waals surface area contributed by atoms with E-state index in [1.54, 1.807) is 20.3 Å². The number of nitrogens with one attached hydrogen (secondary N) is 2. The molecule has 2 aromatic carbocycles. The third kappa shape index (κ3) is 7.06. The molecule has 0 saturated heterocycles. The first-order chi connectivity index (χ1) is 12.5. The molecule has 0 spiro atoms. The number of nitrogens with zero attached hydrogens (tertiary/aromatic N) is 1. The van der Waals surface area contributed by atoms with Crippen LogP contribution in [0.3, 0.4) is 0 Å². The molecule has 0 heterocycles. The van der Waals surface area contributed by atoms with E-state index < -0.39 is 0 Å². The molecule has 0 radical (unpaired) electrons. The zero-order valence-electron chi connectivity index (χ0n) is 15.6. The van der Waals surface area contributed by atoms with Crippen molar-refractivity contribution < 1.29 is 14.3 Å². The summed E-state index contributed by atoms with van der Waals surface area (Å²) in [5.41, 5.74) is 9.33. The van der Waals surface area contributed by atoms with E-state index >= 15 is 0 Å². The van der Waals surface area contributed by atoms with E-state index in [1.165, 1.54) is 6.92 Å². The van der Waals surface area contributed by atoms with Gasteiger partial charge in [-0.1, -0.05) is 24.3 Å². The van der Waals surface area contributed by atoms with Crippen LogP contribution in [0.4, 0.5) is 11.4 Å². The van der Waals surface area contributed by atoms with Gasteiger partial charge in [0.05, 0.1) is 25.9 Å². The van der Waals surface area contributed by atoms with Crippen molar-refractivity contribution in [1.29, 1.82) is 0 Å². The van der Waals surface area contributed by atoms with E-state index in [2.05, 4.69) is 15.6 Å². The maximum atomic E-state index is 11.3. The Hall–Kier alpha value is -2.33. The summed E-state index contributed by atoms with van der Waals surface area (Å²) in [4.78, 5) is 15.7. The largest absolute Gasteiger partial charge is 0.495 e. The van der Waals surface area contributed by atoms with Crippen LogP contribution in [0.25, 0.3) is 0 Å². The number of rotatable bonds is 7. The number of guanidine groups is 1. The van der Waals surface area contributed by atoms with Crippen LogP contribution in [-0.2, 0) is 22.7 Å². The van der Waals surface area contributed by atoms with Crippen LogP contribution in [0.1, 0.15) is 18.1 Å². The first kappa shape index (κ1) is 22.7. The minimum atomic E-state index is -0.167. The van der Waals surface area contributed by atoms with Crippen LogP contribution in [0.5, 0.6) is 5.75 Å². The topological polar surface area (TPSA) is 98.0 Å². The maximum absolute atomic E-state index is 11.3. The number of para-hydroxylation sites is 1. The Bertz CT molecular complexity index is 796. The number of carbonyl (C=O) groups is 1. The van der Waals surface area contributed by atoms with E-state index in [4.69, 9.17) is 15.2 Å². The second kappa shape index (κ2) is 11.4. The minimum absolute atomic E-state index is 0. The number of nitrogens with two attached hydrogens (primary N) is 1. The van der Waals surface area contributed by atoms with Gasteiger partial charge in [0, 0.05) is 25.3 Å². The molecule has 4 N–H and O–H groups in total. The van der Waals surface area contributed by atoms with Crippen LogP contribution in [0.2, 0.25) is 0 Å². The average Bonchev–Trinajstić information content (AvgIpc) is 2.61. The molecule has 0 bridgehead atoms. The van der Waals surface area contributed by atoms with Gasteiger partial charge in [0.25, 0.3) is 0 Å². The average molecular weight is 484 g/mol. The fourth-order valence-electron chi connectivity index (χ4n) is 2.42.